The summed E-state index contributed by atoms with van der Waals surface area (Å²) in [6.07, 6.45) is -39.7. The number of allylic oxidation sites excluding steroid dienone is 2. The van der Waals surface area contributed by atoms with Crippen LogP contribution in [0.2, 0.25) is 0 Å². The monoisotopic (exact) mass is 568 g/mol. The maximum atomic E-state index is 14.5. The number of carboxylic acids is 1. The number of halogens is 17. The van der Waals surface area contributed by atoms with E-state index in [0.717, 1.165) is 0 Å². The lowest BCUT2D eigenvalue weighted by atomic mass is 9.79. The highest BCUT2D eigenvalue weighted by atomic mass is 19.4. The van der Waals surface area contributed by atoms with Gasteiger partial charge in [-0.05, 0) is 24.3 Å². The minimum atomic E-state index is -8.29. The minimum Gasteiger partial charge on any atom is -0.478 e. The number of aromatic carboxylic acids is 1. The molecule has 0 saturated heterocycles. The van der Waals surface area contributed by atoms with Crippen LogP contribution in [-0.2, 0) is 0 Å². The quantitative estimate of drug-likeness (QED) is 0.301. The molecule has 0 amide bonds. The third kappa shape index (κ3) is 5.25. The second kappa shape index (κ2) is 8.86. The van der Waals surface area contributed by atoms with E-state index in [-0.39, 0.29) is 24.3 Å². The van der Waals surface area contributed by atoms with Crippen molar-refractivity contribution in [3.63, 3.8) is 0 Å². The molecule has 0 aromatic heterocycles. The Labute approximate surface area is 185 Å². The van der Waals surface area contributed by atoms with Crippen LogP contribution in [0.25, 0.3) is 0 Å². The summed E-state index contributed by atoms with van der Waals surface area (Å²) in [5.41, 5.74) is -23.1. The van der Waals surface area contributed by atoms with Gasteiger partial charge >= 0.3 is 48.2 Å². The number of hydrogen-bond acceptors (Lipinski definition) is 2. The normalized spacial score (nSPS) is 14.5. The van der Waals surface area contributed by atoms with Gasteiger partial charge in [-0.15, -0.1) is 0 Å². The molecule has 20 heteroatoms. The first-order valence-corrected chi connectivity index (χ1v) is 8.12. The number of carbonyl (C=O) groups is 1. The SMILES string of the molecule is O=C(O)c1ccc(OC(=C(C(F)(C(F)(F)F)C(F)(F)F)C(F)(C(F)(F)F)C(F)(F)F)C(F)(F)F)cc1. The van der Waals surface area contributed by atoms with E-state index in [0.29, 0.717) is 0 Å². The summed E-state index contributed by atoms with van der Waals surface area (Å²) >= 11 is 0. The van der Waals surface area contributed by atoms with Crippen LogP contribution in [-0.4, -0.2) is 53.3 Å². The van der Waals surface area contributed by atoms with E-state index in [1.807, 2.05) is 0 Å². The fourth-order valence-corrected chi connectivity index (χ4v) is 2.47. The van der Waals surface area contributed by atoms with Crippen LogP contribution in [0.4, 0.5) is 74.6 Å². The molecule has 206 valence electrons. The van der Waals surface area contributed by atoms with Crippen LogP contribution in [0, 0.1) is 0 Å². The lowest BCUT2D eigenvalue weighted by molar-refractivity contribution is -0.365. The van der Waals surface area contributed by atoms with Crippen LogP contribution >= 0.6 is 0 Å². The largest absolute Gasteiger partial charge is 0.478 e. The average Bonchev–Trinajstić information content (AvgIpc) is 2.63. The van der Waals surface area contributed by atoms with Crippen LogP contribution in [0.15, 0.2) is 35.6 Å². The fraction of sp³-hybridized carbons (Fsp3) is 0.438. The Bertz CT molecular complexity index is 922. The predicted molar refractivity (Wildman–Crippen MR) is 79.0 cm³/mol. The highest BCUT2D eigenvalue weighted by Crippen LogP contribution is 2.63. The molecule has 0 saturated carbocycles. The first-order valence-electron chi connectivity index (χ1n) is 8.12. The van der Waals surface area contributed by atoms with E-state index in [9.17, 15) is 79.4 Å². The smallest absolute Gasteiger partial charge is 0.449 e. The zero-order valence-electron chi connectivity index (χ0n) is 16.0. The van der Waals surface area contributed by atoms with Gasteiger partial charge in [-0.3, -0.25) is 0 Å². The van der Waals surface area contributed by atoms with Crippen LogP contribution in [0.3, 0.4) is 0 Å². The second-order valence-electron chi connectivity index (χ2n) is 6.44. The van der Waals surface area contributed by atoms with Crippen molar-refractivity contribution >= 4 is 5.97 Å². The Morgan fingerprint density at radius 2 is 0.889 bits per heavy atom. The van der Waals surface area contributed by atoms with Crippen LogP contribution < -0.4 is 4.74 Å². The third-order valence-corrected chi connectivity index (χ3v) is 4.06. The molecule has 1 rings (SSSR count). The fourth-order valence-electron chi connectivity index (χ4n) is 2.47. The third-order valence-electron chi connectivity index (χ3n) is 4.06. The molecular weight excluding hydrogens is 563 g/mol. The molecule has 0 radical (unpaired) electrons. The summed E-state index contributed by atoms with van der Waals surface area (Å²) < 4.78 is 229. The molecule has 1 N–H and O–H groups in total. The number of carboxylic acid groups (broad SMARTS) is 1. The van der Waals surface area contributed by atoms with E-state index < -0.39 is 70.8 Å². The van der Waals surface area contributed by atoms with E-state index in [4.69, 9.17) is 5.11 Å². The zero-order valence-corrected chi connectivity index (χ0v) is 16.0. The van der Waals surface area contributed by atoms with Crippen LogP contribution in [0.1, 0.15) is 10.4 Å². The summed E-state index contributed by atoms with van der Waals surface area (Å²) in [7, 11) is 0. The van der Waals surface area contributed by atoms with Crippen molar-refractivity contribution in [2.45, 2.75) is 42.2 Å². The summed E-state index contributed by atoms with van der Waals surface area (Å²) in [4.78, 5) is 10.7. The van der Waals surface area contributed by atoms with Crippen molar-refractivity contribution in [3.8, 4) is 5.75 Å². The Morgan fingerprint density at radius 1 is 0.583 bits per heavy atom. The molecule has 0 bridgehead atoms. The molecule has 1 aromatic rings. The van der Waals surface area contributed by atoms with Gasteiger partial charge in [0.05, 0.1) is 11.1 Å². The van der Waals surface area contributed by atoms with Gasteiger partial charge in [0.15, 0.2) is 0 Å². The Morgan fingerprint density at radius 3 is 1.11 bits per heavy atom. The maximum Gasteiger partial charge on any atom is 0.449 e. The summed E-state index contributed by atoms with van der Waals surface area (Å²) in [5.74, 6) is -8.38. The topological polar surface area (TPSA) is 46.5 Å². The van der Waals surface area contributed by atoms with Crippen molar-refractivity contribution in [1.29, 1.82) is 0 Å². The van der Waals surface area contributed by atoms with E-state index in [1.54, 1.807) is 0 Å². The molecule has 0 heterocycles. The number of rotatable bonds is 5. The van der Waals surface area contributed by atoms with Gasteiger partial charge in [0, 0.05) is 0 Å². The first kappa shape index (κ1) is 31.1. The van der Waals surface area contributed by atoms with Crippen molar-refractivity contribution in [2.24, 2.45) is 0 Å². The highest BCUT2D eigenvalue weighted by molar-refractivity contribution is 5.87. The summed E-state index contributed by atoms with van der Waals surface area (Å²) in [6.45, 7) is 0. The van der Waals surface area contributed by atoms with Crippen molar-refractivity contribution < 1.29 is 89.3 Å². The molecule has 1 aromatic carbocycles. The van der Waals surface area contributed by atoms with Crippen molar-refractivity contribution in [2.75, 3.05) is 0 Å². The zero-order chi connectivity index (χ0) is 28.9. The van der Waals surface area contributed by atoms with E-state index in [2.05, 4.69) is 4.74 Å². The van der Waals surface area contributed by atoms with Gasteiger partial charge < -0.3 is 9.84 Å². The molecule has 0 unspecified atom stereocenters. The number of ether oxygens (including phenoxy) is 1. The standard InChI is InChI=1S/C16H5F17O3/c17-10(13(22,23)24,14(25,26)27)7(11(18,15(28,29)30)16(31,32)33)8(12(19,20)21)36-6-3-1-5(2-4-6)9(34)35/h1-4H,(H,34,35). The highest BCUT2D eigenvalue weighted by Gasteiger charge is 2.88. The van der Waals surface area contributed by atoms with Gasteiger partial charge in [-0.25, -0.2) is 13.6 Å². The van der Waals surface area contributed by atoms with Gasteiger partial charge in [0.2, 0.25) is 5.76 Å². The maximum absolute atomic E-state index is 14.5. The number of hydrogen-bond donors (Lipinski definition) is 1. The molecule has 0 aliphatic rings. The molecule has 0 fully saturated rings. The molecule has 0 atom stereocenters. The summed E-state index contributed by atoms with van der Waals surface area (Å²) in [5, 5.41) is 8.62. The van der Waals surface area contributed by atoms with E-state index >= 15 is 0 Å². The van der Waals surface area contributed by atoms with Crippen LogP contribution in [0.5, 0.6) is 5.75 Å². The molecule has 36 heavy (non-hydrogen) atoms. The summed E-state index contributed by atoms with van der Waals surface area (Å²) in [6, 6.07) is 0.180. The molecular formula is C16H5F17O3. The van der Waals surface area contributed by atoms with Crippen molar-refractivity contribution in [3.05, 3.63) is 41.2 Å². The molecule has 0 aliphatic carbocycles. The van der Waals surface area contributed by atoms with Gasteiger partial charge in [0.25, 0.3) is 0 Å². The van der Waals surface area contributed by atoms with Gasteiger partial charge in [-0.1, -0.05) is 0 Å². The molecule has 0 spiro atoms. The Hall–Kier alpha value is -2.96. The first-order chi connectivity index (χ1) is 15.6. The molecule has 0 aliphatic heterocycles. The lowest BCUT2D eigenvalue weighted by Crippen LogP contribution is -2.67. The van der Waals surface area contributed by atoms with E-state index in [1.165, 1.54) is 0 Å². The van der Waals surface area contributed by atoms with Crippen molar-refractivity contribution in [1.82, 2.24) is 0 Å². The number of alkyl halides is 17. The van der Waals surface area contributed by atoms with Gasteiger partial charge in [-0.2, -0.15) is 65.9 Å². The Balaban J connectivity index is 4.44. The molecule has 3 nitrogen and oxygen atoms in total. The Kier molecular flexibility index (Phi) is 7.64. The second-order valence-corrected chi connectivity index (χ2v) is 6.44. The lowest BCUT2D eigenvalue weighted by Gasteiger charge is -2.41. The van der Waals surface area contributed by atoms with Gasteiger partial charge in [0.1, 0.15) is 5.75 Å². The predicted octanol–water partition coefficient (Wildman–Crippen LogP) is 7.25. The number of benzene rings is 1. The average molecular weight is 568 g/mol. The minimum absolute atomic E-state index is 0.0883.